The van der Waals surface area contributed by atoms with Gasteiger partial charge >= 0.3 is 5.69 Å². The molecular weight excluding hydrogens is 260 g/mol. The molecule has 1 atom stereocenters. The number of hydrogen-bond acceptors (Lipinski definition) is 5. The van der Waals surface area contributed by atoms with Gasteiger partial charge in [0.25, 0.3) is 0 Å². The van der Waals surface area contributed by atoms with Gasteiger partial charge in [-0.05, 0) is 25.8 Å². The van der Waals surface area contributed by atoms with Gasteiger partial charge in [-0.3, -0.25) is 14.9 Å². The zero-order valence-corrected chi connectivity index (χ0v) is 11.7. The third-order valence-electron chi connectivity index (χ3n) is 3.72. The molecule has 1 aliphatic rings. The van der Waals surface area contributed by atoms with E-state index in [4.69, 9.17) is 4.74 Å². The van der Waals surface area contributed by atoms with Gasteiger partial charge in [0.05, 0.1) is 12.0 Å². The highest BCUT2D eigenvalue weighted by Gasteiger charge is 2.25. The van der Waals surface area contributed by atoms with E-state index < -0.39 is 4.92 Å². The van der Waals surface area contributed by atoms with Crippen LogP contribution in [0.25, 0.3) is 0 Å². The van der Waals surface area contributed by atoms with Gasteiger partial charge in [-0.25, -0.2) is 0 Å². The molecule has 0 spiro atoms. The van der Waals surface area contributed by atoms with Crippen molar-refractivity contribution in [3.8, 4) is 5.75 Å². The predicted octanol–water partition coefficient (Wildman–Crippen LogP) is 2.41. The number of rotatable bonds is 4. The number of benzene rings is 1. The molecule has 0 radical (unpaired) electrons. The molecule has 0 aliphatic carbocycles. The number of hydrogen-bond donors (Lipinski definition) is 0. The van der Waals surface area contributed by atoms with E-state index >= 15 is 0 Å². The Morgan fingerprint density at radius 3 is 2.85 bits per heavy atom. The summed E-state index contributed by atoms with van der Waals surface area (Å²) in [5, 5.41) is 10.9. The lowest BCUT2D eigenvalue weighted by Crippen LogP contribution is -2.38. The Morgan fingerprint density at radius 2 is 2.25 bits per heavy atom. The van der Waals surface area contributed by atoms with Gasteiger partial charge in [-0.1, -0.05) is 0 Å². The summed E-state index contributed by atoms with van der Waals surface area (Å²) in [5.74, 6) is 0.492. The Hall–Kier alpha value is -2.11. The van der Waals surface area contributed by atoms with Crippen molar-refractivity contribution in [1.82, 2.24) is 0 Å². The van der Waals surface area contributed by atoms with Crippen LogP contribution in [0.15, 0.2) is 18.2 Å². The van der Waals surface area contributed by atoms with E-state index in [1.165, 1.54) is 13.2 Å². The molecular formula is C14H18N2O4. The zero-order valence-electron chi connectivity index (χ0n) is 11.7. The summed E-state index contributed by atoms with van der Waals surface area (Å²) < 4.78 is 5.08. The minimum atomic E-state index is -0.461. The molecule has 1 saturated heterocycles. The number of ketones is 1. The number of carbonyl (C=O) groups is 1. The largest absolute Gasteiger partial charge is 0.490 e. The molecule has 1 aromatic rings. The number of piperidine rings is 1. The van der Waals surface area contributed by atoms with E-state index in [2.05, 4.69) is 4.90 Å². The van der Waals surface area contributed by atoms with Gasteiger partial charge in [-0.15, -0.1) is 0 Å². The van der Waals surface area contributed by atoms with Crippen LogP contribution in [0.1, 0.15) is 19.8 Å². The number of anilines is 1. The second-order valence-corrected chi connectivity index (χ2v) is 5.01. The molecule has 0 aromatic heterocycles. The first-order valence-corrected chi connectivity index (χ1v) is 6.60. The molecule has 6 nitrogen and oxygen atoms in total. The summed E-state index contributed by atoms with van der Waals surface area (Å²) in [7, 11) is 1.42. The number of nitro benzene ring substituents is 1. The second-order valence-electron chi connectivity index (χ2n) is 5.01. The van der Waals surface area contributed by atoms with Gasteiger partial charge in [-0.2, -0.15) is 0 Å². The maximum Gasteiger partial charge on any atom is 0.311 e. The number of nitro groups is 1. The fraction of sp³-hybridized carbons (Fsp3) is 0.500. The van der Waals surface area contributed by atoms with Gasteiger partial charge in [0, 0.05) is 36.8 Å². The lowest BCUT2D eigenvalue weighted by molar-refractivity contribution is -0.385. The van der Waals surface area contributed by atoms with E-state index in [0.717, 1.165) is 25.1 Å². The second kappa shape index (κ2) is 5.90. The standard InChI is InChI=1S/C14H18N2O4/c1-10(17)11-4-3-7-15(9-11)12-5-6-13(16(18)19)14(8-12)20-2/h5-6,8,11H,3-4,7,9H2,1-2H3. The molecule has 20 heavy (non-hydrogen) atoms. The minimum absolute atomic E-state index is 0.0450. The lowest BCUT2D eigenvalue weighted by Gasteiger charge is -2.33. The molecule has 0 saturated carbocycles. The molecule has 0 bridgehead atoms. The Bertz CT molecular complexity index is 530. The number of methoxy groups -OCH3 is 1. The molecule has 1 heterocycles. The van der Waals surface area contributed by atoms with Crippen LogP contribution in [0.4, 0.5) is 11.4 Å². The van der Waals surface area contributed by atoms with E-state index in [1.54, 1.807) is 19.1 Å². The monoisotopic (exact) mass is 278 g/mol. The van der Waals surface area contributed by atoms with E-state index in [1.807, 2.05) is 0 Å². The Morgan fingerprint density at radius 1 is 1.50 bits per heavy atom. The van der Waals surface area contributed by atoms with Gasteiger partial charge < -0.3 is 9.64 Å². The molecule has 1 fully saturated rings. The van der Waals surface area contributed by atoms with Gasteiger partial charge in [0.2, 0.25) is 0 Å². The van der Waals surface area contributed by atoms with Crippen LogP contribution >= 0.6 is 0 Å². The van der Waals surface area contributed by atoms with Crippen molar-refractivity contribution >= 4 is 17.2 Å². The molecule has 1 aliphatic heterocycles. The molecule has 1 unspecified atom stereocenters. The molecule has 108 valence electrons. The predicted molar refractivity (Wildman–Crippen MR) is 75.3 cm³/mol. The zero-order chi connectivity index (χ0) is 14.7. The van der Waals surface area contributed by atoms with Gasteiger partial charge in [0.1, 0.15) is 5.78 Å². The average Bonchev–Trinajstić information content (AvgIpc) is 2.46. The minimum Gasteiger partial charge on any atom is -0.490 e. The fourth-order valence-electron chi connectivity index (χ4n) is 2.56. The van der Waals surface area contributed by atoms with E-state index in [0.29, 0.717) is 6.54 Å². The van der Waals surface area contributed by atoms with Crippen molar-refractivity contribution in [2.24, 2.45) is 5.92 Å². The Kier molecular flexibility index (Phi) is 4.22. The summed E-state index contributed by atoms with van der Waals surface area (Å²) in [5.41, 5.74) is 0.815. The van der Waals surface area contributed by atoms with E-state index in [-0.39, 0.29) is 23.1 Å². The first kappa shape index (κ1) is 14.3. The summed E-state index contributed by atoms with van der Waals surface area (Å²) in [6, 6.07) is 4.83. The van der Waals surface area contributed by atoms with Crippen LogP contribution < -0.4 is 9.64 Å². The third kappa shape index (κ3) is 2.89. The smallest absolute Gasteiger partial charge is 0.311 e. The van der Waals surface area contributed by atoms with Crippen LogP contribution in [-0.2, 0) is 4.79 Å². The van der Waals surface area contributed by atoms with Crippen molar-refractivity contribution in [3.05, 3.63) is 28.3 Å². The first-order chi connectivity index (χ1) is 9.52. The molecule has 0 amide bonds. The quantitative estimate of drug-likeness (QED) is 0.624. The lowest BCUT2D eigenvalue weighted by atomic mass is 9.94. The number of ether oxygens (including phenoxy) is 1. The molecule has 1 aromatic carbocycles. The van der Waals surface area contributed by atoms with Gasteiger partial charge in [0.15, 0.2) is 5.75 Å². The normalized spacial score (nSPS) is 18.7. The Labute approximate surface area is 117 Å². The summed E-state index contributed by atoms with van der Waals surface area (Å²) in [6.07, 6.45) is 1.86. The van der Waals surface area contributed by atoms with Crippen molar-refractivity contribution in [1.29, 1.82) is 0 Å². The highest BCUT2D eigenvalue weighted by atomic mass is 16.6. The molecule has 2 rings (SSSR count). The third-order valence-corrected chi connectivity index (χ3v) is 3.72. The summed E-state index contributed by atoms with van der Waals surface area (Å²) in [6.45, 7) is 3.13. The SMILES string of the molecule is COc1cc(N2CCCC(C(C)=O)C2)ccc1[N+](=O)[O-]. The van der Waals surface area contributed by atoms with Crippen molar-refractivity contribution in [2.75, 3.05) is 25.1 Å². The summed E-state index contributed by atoms with van der Waals surface area (Å²) >= 11 is 0. The van der Waals surface area contributed by atoms with Crippen molar-refractivity contribution in [2.45, 2.75) is 19.8 Å². The van der Waals surface area contributed by atoms with E-state index in [9.17, 15) is 14.9 Å². The molecule has 6 heteroatoms. The first-order valence-electron chi connectivity index (χ1n) is 6.60. The maximum absolute atomic E-state index is 11.5. The maximum atomic E-state index is 11.5. The highest BCUT2D eigenvalue weighted by molar-refractivity contribution is 5.79. The number of nitrogens with zero attached hydrogens (tertiary/aromatic N) is 2. The highest BCUT2D eigenvalue weighted by Crippen LogP contribution is 2.33. The van der Waals surface area contributed by atoms with Crippen LogP contribution in [0.5, 0.6) is 5.75 Å². The Balaban J connectivity index is 2.24. The van der Waals surface area contributed by atoms with Crippen LogP contribution in [0.3, 0.4) is 0 Å². The average molecular weight is 278 g/mol. The fourth-order valence-corrected chi connectivity index (χ4v) is 2.56. The number of Topliss-reactive ketones (excluding diaryl/α,β-unsaturated/α-hetero) is 1. The summed E-state index contributed by atoms with van der Waals surface area (Å²) in [4.78, 5) is 24.0. The van der Waals surface area contributed by atoms with Crippen molar-refractivity contribution < 1.29 is 14.5 Å². The van der Waals surface area contributed by atoms with Crippen LogP contribution in [-0.4, -0.2) is 30.9 Å². The number of carbonyl (C=O) groups excluding carboxylic acids is 1. The topological polar surface area (TPSA) is 72.7 Å². The van der Waals surface area contributed by atoms with Crippen LogP contribution in [0.2, 0.25) is 0 Å². The van der Waals surface area contributed by atoms with Crippen molar-refractivity contribution in [3.63, 3.8) is 0 Å². The molecule has 0 N–H and O–H groups in total. The van der Waals surface area contributed by atoms with Crippen LogP contribution in [0, 0.1) is 16.0 Å².